The Morgan fingerprint density at radius 3 is 2.36 bits per heavy atom. The smallest absolute Gasteiger partial charge is 0.236 e. The summed E-state index contributed by atoms with van der Waals surface area (Å²) in [6, 6.07) is 10.0. The highest BCUT2D eigenvalue weighted by atomic mass is 16.5. The van der Waals surface area contributed by atoms with Crippen molar-refractivity contribution >= 4 is 5.91 Å². The predicted molar refractivity (Wildman–Crippen MR) is 101 cm³/mol. The van der Waals surface area contributed by atoms with Gasteiger partial charge in [-0.3, -0.25) is 9.69 Å². The lowest BCUT2D eigenvalue weighted by Gasteiger charge is -2.37. The summed E-state index contributed by atoms with van der Waals surface area (Å²) in [4.78, 5) is 17.0. The molecule has 2 fully saturated rings. The molecule has 0 bridgehead atoms. The van der Waals surface area contributed by atoms with Gasteiger partial charge in [-0.15, -0.1) is 0 Å². The van der Waals surface area contributed by atoms with Crippen molar-refractivity contribution in [2.75, 3.05) is 39.3 Å². The fourth-order valence-corrected chi connectivity index (χ4v) is 4.20. The second kappa shape index (κ2) is 8.70. The van der Waals surface area contributed by atoms with Gasteiger partial charge < -0.3 is 9.64 Å². The van der Waals surface area contributed by atoms with E-state index in [1.54, 1.807) is 0 Å². The fraction of sp³-hybridized carbons (Fsp3) is 0.667. The zero-order valence-electron chi connectivity index (χ0n) is 15.7. The molecule has 0 radical (unpaired) electrons. The van der Waals surface area contributed by atoms with Gasteiger partial charge in [0.15, 0.2) is 0 Å². The van der Waals surface area contributed by atoms with E-state index in [9.17, 15) is 4.79 Å². The molecule has 2 aliphatic rings. The number of nitrogens with zero attached hydrogens (tertiary/aromatic N) is 2. The van der Waals surface area contributed by atoms with Gasteiger partial charge >= 0.3 is 0 Å². The summed E-state index contributed by atoms with van der Waals surface area (Å²) in [5.74, 6) is 3.13. The first-order valence-electron chi connectivity index (χ1n) is 9.78. The summed E-state index contributed by atoms with van der Waals surface area (Å²) >= 11 is 0. The van der Waals surface area contributed by atoms with Gasteiger partial charge in [0.1, 0.15) is 5.75 Å². The lowest BCUT2D eigenvalue weighted by molar-refractivity contribution is -0.135. The van der Waals surface area contributed by atoms with E-state index in [1.807, 2.05) is 30.3 Å². The molecule has 0 spiro atoms. The molecule has 0 saturated carbocycles. The third kappa shape index (κ3) is 5.46. The van der Waals surface area contributed by atoms with Crippen LogP contribution in [0.5, 0.6) is 5.75 Å². The average Bonchev–Trinajstić information content (AvgIpc) is 2.61. The number of rotatable bonds is 5. The molecule has 1 amide bonds. The monoisotopic (exact) mass is 344 g/mol. The lowest BCUT2D eigenvalue weighted by Crippen LogP contribution is -2.48. The van der Waals surface area contributed by atoms with Crippen LogP contribution in [0.4, 0.5) is 0 Å². The summed E-state index contributed by atoms with van der Waals surface area (Å²) in [5, 5.41) is 0. The maximum atomic E-state index is 12.6. The number of ether oxygens (including phenoxy) is 1. The van der Waals surface area contributed by atoms with Crippen LogP contribution in [-0.4, -0.2) is 55.0 Å². The van der Waals surface area contributed by atoms with Gasteiger partial charge in [-0.25, -0.2) is 0 Å². The van der Waals surface area contributed by atoms with Gasteiger partial charge in [0, 0.05) is 13.1 Å². The highest BCUT2D eigenvalue weighted by molar-refractivity contribution is 5.78. The van der Waals surface area contributed by atoms with Crippen molar-refractivity contribution in [3.05, 3.63) is 30.3 Å². The maximum absolute atomic E-state index is 12.6. The average molecular weight is 344 g/mol. The molecule has 3 rings (SSSR count). The molecule has 2 atom stereocenters. The quantitative estimate of drug-likeness (QED) is 0.822. The molecule has 2 heterocycles. The standard InChI is InChI=1S/C21H32N2O2/c1-17-12-18(2)14-23(13-17)21(24)15-22-10-8-19(9-11-22)16-25-20-6-4-3-5-7-20/h3-7,17-19H,8-16H2,1-2H3. The molecular formula is C21H32N2O2. The van der Waals surface area contributed by atoms with Crippen LogP contribution < -0.4 is 4.74 Å². The topological polar surface area (TPSA) is 32.8 Å². The van der Waals surface area contributed by atoms with E-state index in [0.717, 1.165) is 51.4 Å². The molecule has 138 valence electrons. The predicted octanol–water partition coefficient (Wildman–Crippen LogP) is 3.28. The summed E-state index contributed by atoms with van der Waals surface area (Å²) in [5.41, 5.74) is 0. The lowest BCUT2D eigenvalue weighted by atomic mass is 9.92. The molecule has 2 saturated heterocycles. The van der Waals surface area contributed by atoms with E-state index < -0.39 is 0 Å². The van der Waals surface area contributed by atoms with Crippen LogP contribution in [0.3, 0.4) is 0 Å². The van der Waals surface area contributed by atoms with Crippen LogP contribution in [0.1, 0.15) is 33.1 Å². The Morgan fingerprint density at radius 2 is 1.72 bits per heavy atom. The zero-order chi connectivity index (χ0) is 17.6. The van der Waals surface area contributed by atoms with Crippen LogP contribution in [0.25, 0.3) is 0 Å². The normalized spacial score (nSPS) is 25.8. The highest BCUT2D eigenvalue weighted by Gasteiger charge is 2.28. The van der Waals surface area contributed by atoms with E-state index in [-0.39, 0.29) is 0 Å². The molecule has 1 aromatic carbocycles. The molecular weight excluding hydrogens is 312 g/mol. The Morgan fingerprint density at radius 1 is 1.08 bits per heavy atom. The van der Waals surface area contributed by atoms with Crippen molar-refractivity contribution in [2.24, 2.45) is 17.8 Å². The molecule has 4 nitrogen and oxygen atoms in total. The summed E-state index contributed by atoms with van der Waals surface area (Å²) in [6.07, 6.45) is 3.48. The minimum Gasteiger partial charge on any atom is -0.493 e. The second-order valence-corrected chi connectivity index (χ2v) is 8.09. The molecule has 25 heavy (non-hydrogen) atoms. The minimum atomic E-state index is 0.317. The third-order valence-corrected chi connectivity index (χ3v) is 5.52. The van der Waals surface area contributed by atoms with E-state index >= 15 is 0 Å². The second-order valence-electron chi connectivity index (χ2n) is 8.09. The summed E-state index contributed by atoms with van der Waals surface area (Å²) in [7, 11) is 0. The Bertz CT molecular complexity index is 530. The number of likely N-dealkylation sites (tertiary alicyclic amines) is 2. The Hall–Kier alpha value is -1.55. The van der Waals surface area contributed by atoms with Crippen LogP contribution in [-0.2, 0) is 4.79 Å². The Balaban J connectivity index is 1.38. The van der Waals surface area contributed by atoms with Crippen molar-refractivity contribution < 1.29 is 9.53 Å². The van der Waals surface area contributed by atoms with Gasteiger partial charge in [-0.2, -0.15) is 0 Å². The van der Waals surface area contributed by atoms with Crippen molar-refractivity contribution in [3.63, 3.8) is 0 Å². The van der Waals surface area contributed by atoms with Crippen molar-refractivity contribution in [1.29, 1.82) is 0 Å². The first-order valence-corrected chi connectivity index (χ1v) is 9.78. The number of amides is 1. The molecule has 2 unspecified atom stereocenters. The zero-order valence-corrected chi connectivity index (χ0v) is 15.7. The third-order valence-electron chi connectivity index (χ3n) is 5.52. The Kier molecular flexibility index (Phi) is 6.35. The minimum absolute atomic E-state index is 0.317. The number of carbonyl (C=O) groups excluding carboxylic acids is 1. The fourth-order valence-electron chi connectivity index (χ4n) is 4.20. The van der Waals surface area contributed by atoms with E-state index in [0.29, 0.717) is 30.2 Å². The molecule has 1 aromatic rings. The van der Waals surface area contributed by atoms with Gasteiger partial charge in [-0.05, 0) is 62.2 Å². The van der Waals surface area contributed by atoms with Gasteiger partial charge in [0.05, 0.1) is 13.2 Å². The number of hydrogen-bond acceptors (Lipinski definition) is 3. The van der Waals surface area contributed by atoms with Crippen molar-refractivity contribution in [2.45, 2.75) is 33.1 Å². The number of benzene rings is 1. The first kappa shape index (κ1) is 18.2. The SMILES string of the molecule is CC1CC(C)CN(C(=O)CN2CCC(COc3ccccc3)CC2)C1. The van der Waals surface area contributed by atoms with E-state index in [4.69, 9.17) is 4.74 Å². The summed E-state index contributed by atoms with van der Waals surface area (Å²) in [6.45, 7) is 9.77. The van der Waals surface area contributed by atoms with Crippen molar-refractivity contribution in [1.82, 2.24) is 9.80 Å². The number of para-hydroxylation sites is 1. The van der Waals surface area contributed by atoms with Crippen LogP contribution in [0.15, 0.2) is 30.3 Å². The van der Waals surface area contributed by atoms with Crippen LogP contribution >= 0.6 is 0 Å². The number of carbonyl (C=O) groups is 1. The van der Waals surface area contributed by atoms with Gasteiger partial charge in [0.2, 0.25) is 5.91 Å². The van der Waals surface area contributed by atoms with Crippen LogP contribution in [0.2, 0.25) is 0 Å². The molecule has 0 aromatic heterocycles. The van der Waals surface area contributed by atoms with Crippen LogP contribution in [0, 0.1) is 17.8 Å². The molecule has 2 aliphatic heterocycles. The molecule has 0 N–H and O–H groups in total. The summed E-state index contributed by atoms with van der Waals surface area (Å²) < 4.78 is 5.89. The molecule has 4 heteroatoms. The number of hydrogen-bond donors (Lipinski definition) is 0. The first-order chi connectivity index (χ1) is 12.1. The van der Waals surface area contributed by atoms with E-state index in [2.05, 4.69) is 23.6 Å². The van der Waals surface area contributed by atoms with Crippen molar-refractivity contribution in [3.8, 4) is 5.75 Å². The Labute approximate surface area is 152 Å². The van der Waals surface area contributed by atoms with E-state index in [1.165, 1.54) is 6.42 Å². The maximum Gasteiger partial charge on any atom is 0.236 e. The van der Waals surface area contributed by atoms with Gasteiger partial charge in [0.25, 0.3) is 0 Å². The van der Waals surface area contributed by atoms with Gasteiger partial charge in [-0.1, -0.05) is 32.0 Å². The molecule has 0 aliphatic carbocycles. The number of piperidine rings is 2. The highest BCUT2D eigenvalue weighted by Crippen LogP contribution is 2.22. The largest absolute Gasteiger partial charge is 0.493 e.